The maximum atomic E-state index is 11.7. The fourth-order valence-electron chi connectivity index (χ4n) is 3.07. The van der Waals surface area contributed by atoms with Crippen LogP contribution < -0.4 is 4.74 Å². The highest BCUT2D eigenvalue weighted by atomic mass is 35.5. The number of carboxylic acid groups (broad SMARTS) is 1. The Hall–Kier alpha value is -1.22. The van der Waals surface area contributed by atoms with Crippen molar-refractivity contribution >= 4 is 17.6 Å². The molecule has 0 aromatic heterocycles. The van der Waals surface area contributed by atoms with Gasteiger partial charge in [-0.25, -0.2) is 0 Å². The van der Waals surface area contributed by atoms with E-state index < -0.39 is 11.4 Å². The van der Waals surface area contributed by atoms with Crippen molar-refractivity contribution in [3.05, 3.63) is 28.8 Å². The molecule has 1 aromatic carbocycles. The summed E-state index contributed by atoms with van der Waals surface area (Å²) in [7, 11) is 1.59. The molecule has 2 atom stereocenters. The molecule has 0 aliphatic heterocycles. The zero-order valence-electron chi connectivity index (χ0n) is 11.3. The van der Waals surface area contributed by atoms with Crippen molar-refractivity contribution in [2.24, 2.45) is 11.3 Å². The van der Waals surface area contributed by atoms with Gasteiger partial charge in [0, 0.05) is 5.02 Å². The maximum absolute atomic E-state index is 11.7. The van der Waals surface area contributed by atoms with Gasteiger partial charge in [0.15, 0.2) is 0 Å². The van der Waals surface area contributed by atoms with E-state index in [0.29, 0.717) is 23.1 Å². The summed E-state index contributed by atoms with van der Waals surface area (Å²) in [6.45, 7) is 2.11. The van der Waals surface area contributed by atoms with Crippen LogP contribution in [-0.4, -0.2) is 18.2 Å². The molecule has 4 heteroatoms. The zero-order valence-corrected chi connectivity index (χ0v) is 12.0. The van der Waals surface area contributed by atoms with Crippen molar-refractivity contribution in [3.8, 4) is 5.75 Å². The average molecular weight is 283 g/mol. The van der Waals surface area contributed by atoms with Gasteiger partial charge in [-0.3, -0.25) is 4.79 Å². The van der Waals surface area contributed by atoms with Crippen LogP contribution in [0.4, 0.5) is 0 Å². The quantitative estimate of drug-likeness (QED) is 0.914. The minimum absolute atomic E-state index is 0.460. The predicted molar refractivity (Wildman–Crippen MR) is 74.8 cm³/mol. The van der Waals surface area contributed by atoms with Gasteiger partial charge in [-0.15, -0.1) is 0 Å². The summed E-state index contributed by atoms with van der Waals surface area (Å²) in [5, 5.41) is 10.2. The molecular formula is C15H19ClO3. The number of halogens is 1. The molecule has 2 unspecified atom stereocenters. The van der Waals surface area contributed by atoms with Gasteiger partial charge in [-0.2, -0.15) is 0 Å². The van der Waals surface area contributed by atoms with Crippen molar-refractivity contribution in [2.75, 3.05) is 7.11 Å². The van der Waals surface area contributed by atoms with Crippen molar-refractivity contribution in [1.29, 1.82) is 0 Å². The third-order valence-corrected chi connectivity index (χ3v) is 4.31. The fourth-order valence-corrected chi connectivity index (χ4v) is 3.27. The summed E-state index contributed by atoms with van der Waals surface area (Å²) in [5.74, 6) is 0.463. The summed E-state index contributed by atoms with van der Waals surface area (Å²) in [5.41, 5.74) is 0.212. The SMILES string of the molecule is COc1ccc(Cl)cc1CC1(C(=O)O)CCC(C)C1. The lowest BCUT2D eigenvalue weighted by atomic mass is 9.79. The molecule has 19 heavy (non-hydrogen) atoms. The third-order valence-electron chi connectivity index (χ3n) is 4.08. The highest BCUT2D eigenvalue weighted by Crippen LogP contribution is 2.45. The van der Waals surface area contributed by atoms with Crippen LogP contribution in [0.15, 0.2) is 18.2 Å². The number of aliphatic carboxylic acids is 1. The van der Waals surface area contributed by atoms with Crippen LogP contribution in [0.25, 0.3) is 0 Å². The Morgan fingerprint density at radius 1 is 1.58 bits per heavy atom. The van der Waals surface area contributed by atoms with Crippen molar-refractivity contribution in [3.63, 3.8) is 0 Å². The second kappa shape index (κ2) is 5.41. The van der Waals surface area contributed by atoms with E-state index in [2.05, 4.69) is 6.92 Å². The minimum atomic E-state index is -0.709. The molecule has 0 amide bonds. The smallest absolute Gasteiger partial charge is 0.309 e. The van der Waals surface area contributed by atoms with E-state index in [4.69, 9.17) is 16.3 Å². The zero-order chi connectivity index (χ0) is 14.0. The van der Waals surface area contributed by atoms with Gasteiger partial charge in [-0.1, -0.05) is 18.5 Å². The van der Waals surface area contributed by atoms with E-state index in [1.165, 1.54) is 0 Å². The van der Waals surface area contributed by atoms with E-state index in [1.54, 1.807) is 19.2 Å². The lowest BCUT2D eigenvalue weighted by Gasteiger charge is -2.25. The molecule has 1 N–H and O–H groups in total. The molecule has 1 aromatic rings. The first-order chi connectivity index (χ1) is 8.97. The molecular weight excluding hydrogens is 264 g/mol. The molecule has 1 saturated carbocycles. The third kappa shape index (κ3) is 2.86. The molecule has 0 saturated heterocycles. The summed E-state index contributed by atoms with van der Waals surface area (Å²) in [4.78, 5) is 11.7. The molecule has 3 nitrogen and oxygen atoms in total. The maximum Gasteiger partial charge on any atom is 0.309 e. The van der Waals surface area contributed by atoms with Crippen molar-refractivity contribution in [2.45, 2.75) is 32.6 Å². The second-order valence-electron chi connectivity index (χ2n) is 5.57. The minimum Gasteiger partial charge on any atom is -0.496 e. The number of benzene rings is 1. The molecule has 2 rings (SSSR count). The molecule has 0 spiro atoms. The Bertz CT molecular complexity index is 486. The summed E-state index contributed by atoms with van der Waals surface area (Å²) < 4.78 is 5.31. The molecule has 104 valence electrons. The van der Waals surface area contributed by atoms with Gasteiger partial charge in [0.1, 0.15) is 5.75 Å². The van der Waals surface area contributed by atoms with Gasteiger partial charge in [0.2, 0.25) is 0 Å². The van der Waals surface area contributed by atoms with Gasteiger partial charge >= 0.3 is 5.97 Å². The monoisotopic (exact) mass is 282 g/mol. The van der Waals surface area contributed by atoms with Crippen LogP contribution in [0.5, 0.6) is 5.75 Å². The standard InChI is InChI=1S/C15H19ClO3/c1-10-5-6-15(8-10,14(17)18)9-11-7-12(16)3-4-13(11)19-2/h3-4,7,10H,5-6,8-9H2,1-2H3,(H,17,18). The highest BCUT2D eigenvalue weighted by Gasteiger charge is 2.44. The number of carboxylic acids is 1. The van der Waals surface area contributed by atoms with Gasteiger partial charge in [-0.05, 0) is 55.4 Å². The second-order valence-corrected chi connectivity index (χ2v) is 6.00. The van der Waals surface area contributed by atoms with Gasteiger partial charge in [0.05, 0.1) is 12.5 Å². The molecule has 0 bridgehead atoms. The summed E-state index contributed by atoms with van der Waals surface area (Å²) in [6.07, 6.45) is 2.89. The van der Waals surface area contributed by atoms with Crippen molar-refractivity contribution in [1.82, 2.24) is 0 Å². The normalized spacial score (nSPS) is 26.4. The number of ether oxygens (including phenoxy) is 1. The lowest BCUT2D eigenvalue weighted by Crippen LogP contribution is -2.30. The predicted octanol–water partition coefficient (Wildman–Crippen LogP) is 3.78. The molecule has 0 radical (unpaired) electrons. The number of hydrogen-bond acceptors (Lipinski definition) is 2. The first-order valence-corrected chi connectivity index (χ1v) is 6.90. The van der Waals surface area contributed by atoms with Crippen LogP contribution >= 0.6 is 11.6 Å². The van der Waals surface area contributed by atoms with Crippen LogP contribution in [-0.2, 0) is 11.2 Å². The molecule has 1 fully saturated rings. The van der Waals surface area contributed by atoms with Crippen LogP contribution in [0.1, 0.15) is 31.7 Å². The number of hydrogen-bond donors (Lipinski definition) is 1. The molecule has 1 aliphatic carbocycles. The van der Waals surface area contributed by atoms with E-state index in [1.807, 2.05) is 6.07 Å². The van der Waals surface area contributed by atoms with E-state index in [0.717, 1.165) is 24.8 Å². The Morgan fingerprint density at radius 2 is 2.32 bits per heavy atom. The van der Waals surface area contributed by atoms with Crippen LogP contribution in [0.3, 0.4) is 0 Å². The number of carbonyl (C=O) groups is 1. The van der Waals surface area contributed by atoms with E-state index >= 15 is 0 Å². The van der Waals surface area contributed by atoms with Crippen molar-refractivity contribution < 1.29 is 14.6 Å². The van der Waals surface area contributed by atoms with Gasteiger partial charge in [0.25, 0.3) is 0 Å². The number of rotatable bonds is 4. The first kappa shape index (κ1) is 14.2. The molecule has 0 heterocycles. The Labute approximate surface area is 118 Å². The largest absolute Gasteiger partial charge is 0.496 e. The lowest BCUT2D eigenvalue weighted by molar-refractivity contribution is -0.148. The van der Waals surface area contributed by atoms with Gasteiger partial charge < -0.3 is 9.84 Å². The average Bonchev–Trinajstić information content (AvgIpc) is 2.72. The Morgan fingerprint density at radius 3 is 2.84 bits per heavy atom. The Balaban J connectivity index is 2.32. The van der Waals surface area contributed by atoms with E-state index in [-0.39, 0.29) is 0 Å². The highest BCUT2D eigenvalue weighted by molar-refractivity contribution is 6.30. The first-order valence-electron chi connectivity index (χ1n) is 6.53. The summed E-state index contributed by atoms with van der Waals surface area (Å²) in [6, 6.07) is 5.37. The Kier molecular flexibility index (Phi) is 4.04. The fraction of sp³-hybridized carbons (Fsp3) is 0.533. The summed E-state index contributed by atoms with van der Waals surface area (Å²) >= 11 is 6.01. The van der Waals surface area contributed by atoms with Crippen LogP contribution in [0, 0.1) is 11.3 Å². The number of methoxy groups -OCH3 is 1. The molecule has 1 aliphatic rings. The van der Waals surface area contributed by atoms with E-state index in [9.17, 15) is 9.90 Å². The van der Waals surface area contributed by atoms with Crippen LogP contribution in [0.2, 0.25) is 5.02 Å². The topological polar surface area (TPSA) is 46.5 Å².